The molecule has 8 heteroatoms. The number of sulfonamides is 1. The van der Waals surface area contributed by atoms with E-state index < -0.39 is 28.1 Å². The van der Waals surface area contributed by atoms with Gasteiger partial charge in [-0.3, -0.25) is 4.79 Å². The van der Waals surface area contributed by atoms with Gasteiger partial charge in [0.15, 0.2) is 0 Å². The Morgan fingerprint density at radius 2 is 2.18 bits per heavy atom. The van der Waals surface area contributed by atoms with E-state index in [-0.39, 0.29) is 25.3 Å². The van der Waals surface area contributed by atoms with Crippen LogP contribution in [0.3, 0.4) is 0 Å². The number of nitrogens with zero attached hydrogens (tertiary/aromatic N) is 1. The highest BCUT2D eigenvalue weighted by Gasteiger charge is 2.42. The fraction of sp³-hybridized carbons (Fsp3) is 0.889. The zero-order valence-electron chi connectivity index (χ0n) is 9.57. The first kappa shape index (κ1) is 14.4. The van der Waals surface area contributed by atoms with Crippen LogP contribution in [-0.4, -0.2) is 66.6 Å². The second kappa shape index (κ2) is 5.76. The minimum atomic E-state index is -3.69. The third kappa shape index (κ3) is 3.63. The molecular formula is C9H17NO6S. The first-order valence-electron chi connectivity index (χ1n) is 5.36. The number of rotatable bonds is 6. The maximum atomic E-state index is 11.8. The molecule has 0 radical (unpaired) electrons. The summed E-state index contributed by atoms with van der Waals surface area (Å²) in [5.74, 6) is -1.50. The summed E-state index contributed by atoms with van der Waals surface area (Å²) < 4.78 is 29.5. The van der Waals surface area contributed by atoms with E-state index in [2.05, 4.69) is 0 Å². The number of aliphatic hydroxyl groups is 1. The van der Waals surface area contributed by atoms with Crippen molar-refractivity contribution < 1.29 is 28.2 Å². The van der Waals surface area contributed by atoms with E-state index in [4.69, 9.17) is 9.84 Å². The maximum Gasteiger partial charge on any atom is 0.322 e. The topological polar surface area (TPSA) is 104 Å². The minimum Gasteiger partial charge on any atom is -0.480 e. The number of hydrogen-bond acceptors (Lipinski definition) is 5. The van der Waals surface area contributed by atoms with Gasteiger partial charge in [-0.2, -0.15) is 4.31 Å². The van der Waals surface area contributed by atoms with E-state index >= 15 is 0 Å². The van der Waals surface area contributed by atoms with Crippen molar-refractivity contribution >= 4 is 16.0 Å². The molecular weight excluding hydrogens is 250 g/mol. The highest BCUT2D eigenvalue weighted by atomic mass is 32.2. The molecule has 0 aliphatic carbocycles. The van der Waals surface area contributed by atoms with E-state index in [1.807, 2.05) is 0 Å². The Morgan fingerprint density at radius 1 is 1.53 bits per heavy atom. The van der Waals surface area contributed by atoms with Crippen LogP contribution in [0.5, 0.6) is 0 Å². The Morgan fingerprint density at radius 3 is 2.71 bits per heavy atom. The molecule has 1 saturated heterocycles. The highest BCUT2D eigenvalue weighted by molar-refractivity contribution is 7.89. The van der Waals surface area contributed by atoms with Gasteiger partial charge in [0, 0.05) is 19.6 Å². The van der Waals surface area contributed by atoms with E-state index in [0.29, 0.717) is 6.61 Å². The predicted molar refractivity (Wildman–Crippen MR) is 59.0 cm³/mol. The summed E-state index contributed by atoms with van der Waals surface area (Å²) in [6, 6.07) is -1.17. The third-order valence-corrected chi connectivity index (χ3v) is 4.37. The number of carbonyl (C=O) groups is 1. The molecule has 1 aliphatic heterocycles. The van der Waals surface area contributed by atoms with Crippen molar-refractivity contribution in [3.05, 3.63) is 0 Å². The van der Waals surface area contributed by atoms with Crippen molar-refractivity contribution in [3.63, 3.8) is 0 Å². The summed E-state index contributed by atoms with van der Waals surface area (Å²) in [7, 11) is -3.69. The average molecular weight is 267 g/mol. The molecule has 7 nitrogen and oxygen atoms in total. The third-order valence-electron chi connectivity index (χ3n) is 2.57. The van der Waals surface area contributed by atoms with E-state index in [1.54, 1.807) is 6.92 Å². The standard InChI is InChI=1S/C9H17NO6S/c1-2-16-3-4-17(14,15)10-6-7(11)5-8(10)9(12)13/h7-8,11H,2-6H2,1H3,(H,12,13)/t7-,8+/m1/s1. The number of hydrogen-bond donors (Lipinski definition) is 2. The minimum absolute atomic E-state index is 0.0256. The Balaban J connectivity index is 2.72. The molecule has 1 heterocycles. The lowest BCUT2D eigenvalue weighted by Crippen LogP contribution is -2.42. The van der Waals surface area contributed by atoms with Crippen molar-refractivity contribution in [2.45, 2.75) is 25.5 Å². The highest BCUT2D eigenvalue weighted by Crippen LogP contribution is 2.22. The van der Waals surface area contributed by atoms with Gasteiger partial charge in [0.1, 0.15) is 6.04 Å². The van der Waals surface area contributed by atoms with Gasteiger partial charge in [0.05, 0.1) is 18.5 Å². The van der Waals surface area contributed by atoms with Gasteiger partial charge in [0.2, 0.25) is 10.0 Å². The Bertz CT molecular complexity index is 368. The number of ether oxygens (including phenoxy) is 1. The number of carboxylic acids is 1. The lowest BCUT2D eigenvalue weighted by molar-refractivity contribution is -0.140. The largest absolute Gasteiger partial charge is 0.480 e. The molecule has 1 fully saturated rings. The van der Waals surface area contributed by atoms with Gasteiger partial charge in [-0.1, -0.05) is 0 Å². The smallest absolute Gasteiger partial charge is 0.322 e. The van der Waals surface area contributed by atoms with Crippen LogP contribution < -0.4 is 0 Å². The molecule has 0 unspecified atom stereocenters. The van der Waals surface area contributed by atoms with Gasteiger partial charge < -0.3 is 14.9 Å². The molecule has 2 atom stereocenters. The number of aliphatic carboxylic acids is 1. The fourth-order valence-corrected chi connectivity index (χ4v) is 3.27. The second-order valence-corrected chi connectivity index (χ2v) is 5.87. The number of aliphatic hydroxyl groups excluding tert-OH is 1. The lowest BCUT2D eigenvalue weighted by atomic mass is 10.2. The lowest BCUT2D eigenvalue weighted by Gasteiger charge is -2.20. The molecule has 0 spiro atoms. The summed E-state index contributed by atoms with van der Waals surface area (Å²) in [5, 5.41) is 18.2. The van der Waals surface area contributed by atoms with Gasteiger partial charge in [-0.25, -0.2) is 8.42 Å². The quantitative estimate of drug-likeness (QED) is 0.590. The van der Waals surface area contributed by atoms with Crippen LogP contribution in [0.15, 0.2) is 0 Å². The number of carboxylic acid groups (broad SMARTS) is 1. The average Bonchev–Trinajstić information content (AvgIpc) is 2.61. The van der Waals surface area contributed by atoms with Crippen molar-refractivity contribution in [2.75, 3.05) is 25.5 Å². The van der Waals surface area contributed by atoms with Gasteiger partial charge in [0.25, 0.3) is 0 Å². The summed E-state index contributed by atoms with van der Waals surface area (Å²) in [6.07, 6.45) is -0.985. The Hall–Kier alpha value is -0.700. The predicted octanol–water partition coefficient (Wildman–Crippen LogP) is -1.13. The van der Waals surface area contributed by atoms with Crippen LogP contribution in [0, 0.1) is 0 Å². The monoisotopic (exact) mass is 267 g/mol. The summed E-state index contributed by atoms with van der Waals surface area (Å²) in [5.41, 5.74) is 0. The maximum absolute atomic E-state index is 11.8. The molecule has 2 N–H and O–H groups in total. The van der Waals surface area contributed by atoms with Crippen LogP contribution >= 0.6 is 0 Å². The zero-order chi connectivity index (χ0) is 13.1. The van der Waals surface area contributed by atoms with Crippen LogP contribution in [0.4, 0.5) is 0 Å². The molecule has 1 aliphatic rings. The van der Waals surface area contributed by atoms with Crippen molar-refractivity contribution in [2.24, 2.45) is 0 Å². The van der Waals surface area contributed by atoms with Gasteiger partial charge in [-0.15, -0.1) is 0 Å². The van der Waals surface area contributed by atoms with E-state index in [0.717, 1.165) is 4.31 Å². The SMILES string of the molecule is CCOCCS(=O)(=O)N1C[C@H](O)C[C@H]1C(=O)O. The van der Waals surface area contributed by atoms with Gasteiger partial charge in [-0.05, 0) is 6.92 Å². The Labute approximate surface area is 100 Å². The molecule has 17 heavy (non-hydrogen) atoms. The molecule has 1 rings (SSSR count). The van der Waals surface area contributed by atoms with Crippen LogP contribution in [0.2, 0.25) is 0 Å². The molecule has 0 amide bonds. The summed E-state index contributed by atoms with van der Waals surface area (Å²) in [6.45, 7) is 2.01. The first-order chi connectivity index (χ1) is 7.88. The zero-order valence-corrected chi connectivity index (χ0v) is 10.4. The Kier molecular flexibility index (Phi) is 4.87. The van der Waals surface area contributed by atoms with Crippen molar-refractivity contribution in [1.82, 2.24) is 4.31 Å². The fourth-order valence-electron chi connectivity index (χ4n) is 1.74. The van der Waals surface area contributed by atoms with Gasteiger partial charge >= 0.3 is 5.97 Å². The molecule has 100 valence electrons. The number of β-amino-alcohol motifs (C(OH)–C–C–N with tert-alkyl or cyclic N) is 1. The van der Waals surface area contributed by atoms with Crippen LogP contribution in [0.25, 0.3) is 0 Å². The van der Waals surface area contributed by atoms with Crippen molar-refractivity contribution in [3.8, 4) is 0 Å². The molecule has 0 aromatic rings. The first-order valence-corrected chi connectivity index (χ1v) is 6.97. The van der Waals surface area contributed by atoms with Crippen LogP contribution in [-0.2, 0) is 19.6 Å². The van der Waals surface area contributed by atoms with E-state index in [1.165, 1.54) is 0 Å². The normalized spacial score (nSPS) is 26.2. The molecule has 0 aromatic heterocycles. The summed E-state index contributed by atoms with van der Waals surface area (Å²) >= 11 is 0. The molecule has 0 aromatic carbocycles. The summed E-state index contributed by atoms with van der Waals surface area (Å²) in [4.78, 5) is 10.9. The van der Waals surface area contributed by atoms with Crippen LogP contribution in [0.1, 0.15) is 13.3 Å². The molecule has 0 bridgehead atoms. The molecule has 0 saturated carbocycles. The van der Waals surface area contributed by atoms with E-state index in [9.17, 15) is 18.3 Å². The second-order valence-electron chi connectivity index (χ2n) is 3.83. The van der Waals surface area contributed by atoms with Crippen molar-refractivity contribution in [1.29, 1.82) is 0 Å².